The molecule has 0 spiro atoms. The molecule has 142 valence electrons. The second-order valence-electron chi connectivity index (χ2n) is 6.16. The number of sulfonamides is 1. The fourth-order valence-corrected chi connectivity index (χ4v) is 3.37. The SMILES string of the molecule is NS(=O)(=O)c1ccc(C(=O)N2CCN(C(=O)c3ccc(F)cc3)CC2)cc1. The van der Waals surface area contributed by atoms with Gasteiger partial charge >= 0.3 is 0 Å². The molecule has 2 aromatic rings. The molecular formula is C18H18FN3O4S. The van der Waals surface area contributed by atoms with E-state index < -0.39 is 15.8 Å². The molecule has 1 fully saturated rings. The van der Waals surface area contributed by atoms with E-state index in [0.29, 0.717) is 37.3 Å². The minimum atomic E-state index is -3.81. The van der Waals surface area contributed by atoms with Crippen molar-refractivity contribution in [3.8, 4) is 0 Å². The Kier molecular flexibility index (Phi) is 5.24. The van der Waals surface area contributed by atoms with Gasteiger partial charge in [0, 0.05) is 37.3 Å². The lowest BCUT2D eigenvalue weighted by molar-refractivity contribution is 0.0535. The third-order valence-electron chi connectivity index (χ3n) is 4.38. The molecule has 2 aromatic carbocycles. The maximum atomic E-state index is 13.0. The van der Waals surface area contributed by atoms with Crippen LogP contribution in [0.1, 0.15) is 20.7 Å². The van der Waals surface area contributed by atoms with E-state index in [0.717, 1.165) is 0 Å². The van der Waals surface area contributed by atoms with Gasteiger partial charge in [0.05, 0.1) is 4.90 Å². The number of amides is 2. The Balaban J connectivity index is 1.62. The smallest absolute Gasteiger partial charge is 0.253 e. The summed E-state index contributed by atoms with van der Waals surface area (Å²) >= 11 is 0. The van der Waals surface area contributed by atoms with Crippen molar-refractivity contribution >= 4 is 21.8 Å². The highest BCUT2D eigenvalue weighted by atomic mass is 32.2. The maximum absolute atomic E-state index is 13.0. The van der Waals surface area contributed by atoms with Crippen molar-refractivity contribution in [2.45, 2.75) is 4.90 Å². The van der Waals surface area contributed by atoms with Gasteiger partial charge in [-0.05, 0) is 48.5 Å². The van der Waals surface area contributed by atoms with Crippen molar-refractivity contribution in [1.82, 2.24) is 9.80 Å². The summed E-state index contributed by atoms with van der Waals surface area (Å²) in [4.78, 5) is 28.1. The molecule has 1 aliphatic rings. The van der Waals surface area contributed by atoms with Crippen molar-refractivity contribution < 1.29 is 22.4 Å². The number of nitrogens with zero attached hydrogens (tertiary/aromatic N) is 2. The molecule has 1 heterocycles. The monoisotopic (exact) mass is 391 g/mol. The summed E-state index contributed by atoms with van der Waals surface area (Å²) in [7, 11) is -3.81. The van der Waals surface area contributed by atoms with E-state index in [1.807, 2.05) is 0 Å². The lowest BCUT2D eigenvalue weighted by Crippen LogP contribution is -2.50. The molecule has 2 amide bonds. The highest BCUT2D eigenvalue weighted by Gasteiger charge is 2.25. The van der Waals surface area contributed by atoms with Crippen LogP contribution in [-0.4, -0.2) is 56.2 Å². The standard InChI is InChI=1S/C18H18FN3O4S/c19-15-5-1-13(2-6-15)17(23)21-9-11-22(12-10-21)18(24)14-3-7-16(8-4-14)27(20,25)26/h1-8H,9-12H2,(H2,20,25,26). The predicted octanol–water partition coefficient (Wildman–Crippen LogP) is 1.07. The van der Waals surface area contributed by atoms with Crippen molar-refractivity contribution in [1.29, 1.82) is 0 Å². The molecule has 0 radical (unpaired) electrons. The minimum absolute atomic E-state index is 0.0613. The highest BCUT2D eigenvalue weighted by Crippen LogP contribution is 2.14. The number of nitrogens with two attached hydrogens (primary N) is 1. The molecule has 0 unspecified atom stereocenters. The summed E-state index contributed by atoms with van der Waals surface area (Å²) in [6.45, 7) is 1.42. The van der Waals surface area contributed by atoms with Crippen LogP contribution in [-0.2, 0) is 10.0 Å². The van der Waals surface area contributed by atoms with Gasteiger partial charge in [0.2, 0.25) is 10.0 Å². The molecule has 7 nitrogen and oxygen atoms in total. The number of rotatable bonds is 3. The van der Waals surface area contributed by atoms with Crippen LogP contribution in [0.25, 0.3) is 0 Å². The maximum Gasteiger partial charge on any atom is 0.253 e. The van der Waals surface area contributed by atoms with E-state index in [1.54, 1.807) is 9.80 Å². The summed E-state index contributed by atoms with van der Waals surface area (Å²) < 4.78 is 35.5. The lowest BCUT2D eigenvalue weighted by Gasteiger charge is -2.35. The van der Waals surface area contributed by atoms with Gasteiger partial charge in [-0.25, -0.2) is 17.9 Å². The van der Waals surface area contributed by atoms with E-state index in [1.165, 1.54) is 48.5 Å². The zero-order valence-electron chi connectivity index (χ0n) is 14.3. The van der Waals surface area contributed by atoms with Crippen molar-refractivity contribution in [2.75, 3.05) is 26.2 Å². The van der Waals surface area contributed by atoms with E-state index in [2.05, 4.69) is 0 Å². The molecule has 0 aliphatic carbocycles. The second-order valence-corrected chi connectivity index (χ2v) is 7.72. The van der Waals surface area contributed by atoms with Crippen molar-refractivity contribution in [2.24, 2.45) is 5.14 Å². The van der Waals surface area contributed by atoms with Gasteiger partial charge < -0.3 is 9.80 Å². The van der Waals surface area contributed by atoms with Crippen LogP contribution in [0.4, 0.5) is 4.39 Å². The highest BCUT2D eigenvalue weighted by molar-refractivity contribution is 7.89. The van der Waals surface area contributed by atoms with E-state index in [4.69, 9.17) is 5.14 Å². The molecule has 2 N–H and O–H groups in total. The van der Waals surface area contributed by atoms with Crippen LogP contribution in [0.5, 0.6) is 0 Å². The molecular weight excluding hydrogens is 373 g/mol. The Labute approximate surface area is 156 Å². The van der Waals surface area contributed by atoms with Crippen LogP contribution in [0, 0.1) is 5.82 Å². The summed E-state index contributed by atoms with van der Waals surface area (Å²) in [6.07, 6.45) is 0. The first-order chi connectivity index (χ1) is 12.8. The predicted molar refractivity (Wildman–Crippen MR) is 96.0 cm³/mol. The first-order valence-corrected chi connectivity index (χ1v) is 9.77. The fourth-order valence-electron chi connectivity index (χ4n) is 2.86. The Hall–Kier alpha value is -2.78. The fraction of sp³-hybridized carbons (Fsp3) is 0.222. The van der Waals surface area contributed by atoms with Crippen LogP contribution in [0.3, 0.4) is 0 Å². The van der Waals surface area contributed by atoms with E-state index >= 15 is 0 Å². The van der Waals surface area contributed by atoms with Crippen LogP contribution >= 0.6 is 0 Å². The van der Waals surface area contributed by atoms with Gasteiger partial charge in [-0.2, -0.15) is 0 Å². The van der Waals surface area contributed by atoms with E-state index in [-0.39, 0.29) is 16.7 Å². The molecule has 0 saturated carbocycles. The number of carbonyl (C=O) groups is 2. The minimum Gasteiger partial charge on any atom is -0.335 e. The molecule has 9 heteroatoms. The van der Waals surface area contributed by atoms with Crippen LogP contribution in [0.15, 0.2) is 53.4 Å². The number of piperazine rings is 1. The van der Waals surface area contributed by atoms with Gasteiger partial charge in [-0.15, -0.1) is 0 Å². The van der Waals surface area contributed by atoms with E-state index in [9.17, 15) is 22.4 Å². The zero-order valence-corrected chi connectivity index (χ0v) is 15.2. The Morgan fingerprint density at radius 3 is 1.52 bits per heavy atom. The Morgan fingerprint density at radius 1 is 0.778 bits per heavy atom. The average Bonchev–Trinajstić information content (AvgIpc) is 2.67. The third kappa shape index (κ3) is 4.32. The van der Waals surface area contributed by atoms with Gasteiger partial charge in [0.25, 0.3) is 11.8 Å². The lowest BCUT2D eigenvalue weighted by atomic mass is 10.1. The number of carbonyl (C=O) groups excluding carboxylic acids is 2. The molecule has 0 aromatic heterocycles. The summed E-state index contributed by atoms with van der Waals surface area (Å²) in [5.74, 6) is -0.861. The Morgan fingerprint density at radius 2 is 1.15 bits per heavy atom. The molecule has 27 heavy (non-hydrogen) atoms. The average molecular weight is 391 g/mol. The third-order valence-corrected chi connectivity index (χ3v) is 5.30. The van der Waals surface area contributed by atoms with Gasteiger partial charge in [-0.3, -0.25) is 9.59 Å². The topological polar surface area (TPSA) is 101 Å². The largest absolute Gasteiger partial charge is 0.335 e. The molecule has 0 bridgehead atoms. The summed E-state index contributed by atoms with van der Waals surface area (Å²) in [5, 5.41) is 5.04. The quantitative estimate of drug-likeness (QED) is 0.846. The Bertz CT molecular complexity index is 951. The zero-order chi connectivity index (χ0) is 19.6. The van der Waals surface area contributed by atoms with Gasteiger partial charge in [0.15, 0.2) is 0 Å². The number of hydrogen-bond acceptors (Lipinski definition) is 4. The molecule has 1 aliphatic heterocycles. The normalized spacial score (nSPS) is 14.9. The van der Waals surface area contributed by atoms with Gasteiger partial charge in [-0.1, -0.05) is 0 Å². The first kappa shape index (κ1) is 19.0. The second kappa shape index (κ2) is 7.45. The van der Waals surface area contributed by atoms with Crippen LogP contribution < -0.4 is 5.14 Å². The number of benzene rings is 2. The van der Waals surface area contributed by atoms with Crippen molar-refractivity contribution in [3.05, 3.63) is 65.5 Å². The number of halogens is 1. The number of primary sulfonamides is 1. The van der Waals surface area contributed by atoms with Gasteiger partial charge in [0.1, 0.15) is 5.82 Å². The van der Waals surface area contributed by atoms with Crippen LogP contribution in [0.2, 0.25) is 0 Å². The first-order valence-electron chi connectivity index (χ1n) is 8.23. The molecule has 0 atom stereocenters. The number of hydrogen-bond donors (Lipinski definition) is 1. The molecule has 3 rings (SSSR count). The molecule has 1 saturated heterocycles. The van der Waals surface area contributed by atoms with Crippen molar-refractivity contribution in [3.63, 3.8) is 0 Å². The summed E-state index contributed by atoms with van der Waals surface area (Å²) in [6, 6.07) is 10.7. The summed E-state index contributed by atoms with van der Waals surface area (Å²) in [5.41, 5.74) is 0.746.